The summed E-state index contributed by atoms with van der Waals surface area (Å²) >= 11 is 0. The fourth-order valence-corrected chi connectivity index (χ4v) is 5.67. The molecule has 0 bridgehead atoms. The molecular weight excluding hydrogens is 554 g/mol. The van der Waals surface area contributed by atoms with Crippen LogP contribution in [-0.2, 0) is 43.9 Å². The molecule has 1 aliphatic rings. The summed E-state index contributed by atoms with van der Waals surface area (Å²) in [6.07, 6.45) is 3.09. The zero-order valence-electron chi connectivity index (χ0n) is 24.1. The van der Waals surface area contributed by atoms with Gasteiger partial charge in [0.2, 0.25) is 21.8 Å². The van der Waals surface area contributed by atoms with Crippen molar-refractivity contribution in [3.8, 4) is 5.75 Å². The van der Waals surface area contributed by atoms with Crippen molar-refractivity contribution >= 4 is 21.8 Å². The third-order valence-electron chi connectivity index (χ3n) is 7.29. The van der Waals surface area contributed by atoms with E-state index in [9.17, 15) is 18.0 Å². The van der Waals surface area contributed by atoms with Crippen molar-refractivity contribution in [2.75, 3.05) is 33.1 Å². The zero-order chi connectivity index (χ0) is 30.0. The molecule has 1 aliphatic heterocycles. The van der Waals surface area contributed by atoms with E-state index in [1.807, 2.05) is 72.8 Å². The van der Waals surface area contributed by atoms with Gasteiger partial charge in [-0.05, 0) is 41.7 Å². The van der Waals surface area contributed by atoms with Gasteiger partial charge in [-0.25, -0.2) is 8.42 Å². The Morgan fingerprint density at radius 2 is 1.55 bits per heavy atom. The molecule has 1 heterocycles. The molecule has 0 aromatic heterocycles. The minimum atomic E-state index is -3.75. The number of amides is 2. The fourth-order valence-electron chi connectivity index (χ4n) is 4.94. The van der Waals surface area contributed by atoms with Crippen molar-refractivity contribution in [2.45, 2.75) is 44.5 Å². The zero-order valence-corrected chi connectivity index (χ0v) is 25.0. The summed E-state index contributed by atoms with van der Waals surface area (Å²) in [5.41, 5.74) is 2.42. The van der Waals surface area contributed by atoms with E-state index in [0.29, 0.717) is 18.9 Å². The van der Waals surface area contributed by atoms with E-state index in [-0.39, 0.29) is 31.5 Å². The lowest BCUT2D eigenvalue weighted by Gasteiger charge is -2.33. The molecule has 0 saturated carbocycles. The third-order valence-corrected chi connectivity index (χ3v) is 8.49. The van der Waals surface area contributed by atoms with Gasteiger partial charge >= 0.3 is 0 Å². The Labute approximate surface area is 248 Å². The molecule has 1 N–H and O–H groups in total. The topological polar surface area (TPSA) is 105 Å². The highest BCUT2D eigenvalue weighted by molar-refractivity contribution is 7.88. The average molecular weight is 594 g/mol. The van der Waals surface area contributed by atoms with Gasteiger partial charge in [-0.1, -0.05) is 72.8 Å². The van der Waals surface area contributed by atoms with Gasteiger partial charge in [0.25, 0.3) is 0 Å². The predicted molar refractivity (Wildman–Crippen MR) is 161 cm³/mol. The first-order chi connectivity index (χ1) is 20.2. The third kappa shape index (κ3) is 9.14. The predicted octanol–water partition coefficient (Wildman–Crippen LogP) is 3.39. The summed E-state index contributed by atoms with van der Waals surface area (Å²) in [6.45, 7) is 0.748. The molecule has 2 atom stereocenters. The molecule has 1 fully saturated rings. The van der Waals surface area contributed by atoms with Crippen LogP contribution in [0.15, 0.2) is 84.9 Å². The molecule has 9 nitrogen and oxygen atoms in total. The van der Waals surface area contributed by atoms with Crippen LogP contribution in [0.3, 0.4) is 0 Å². The number of benzene rings is 3. The Morgan fingerprint density at radius 3 is 2.12 bits per heavy atom. The quantitative estimate of drug-likeness (QED) is 0.307. The highest BCUT2D eigenvalue weighted by atomic mass is 32.2. The van der Waals surface area contributed by atoms with Gasteiger partial charge < -0.3 is 19.7 Å². The Kier molecular flexibility index (Phi) is 11.1. The molecule has 224 valence electrons. The van der Waals surface area contributed by atoms with Crippen LogP contribution >= 0.6 is 0 Å². The maximum atomic E-state index is 14.1. The van der Waals surface area contributed by atoms with Crippen LogP contribution in [0.1, 0.15) is 29.5 Å². The minimum Gasteiger partial charge on any atom is -0.497 e. The number of nitrogens with one attached hydrogen (secondary N) is 1. The Morgan fingerprint density at radius 1 is 0.929 bits per heavy atom. The van der Waals surface area contributed by atoms with E-state index in [1.54, 1.807) is 19.2 Å². The number of sulfonamides is 1. The van der Waals surface area contributed by atoms with E-state index >= 15 is 0 Å². The number of carbonyl (C=O) groups is 2. The van der Waals surface area contributed by atoms with Crippen LogP contribution in [0.4, 0.5) is 0 Å². The number of rotatable bonds is 14. The van der Waals surface area contributed by atoms with Gasteiger partial charge in [0.05, 0.1) is 26.0 Å². The van der Waals surface area contributed by atoms with Gasteiger partial charge in [-0.3, -0.25) is 9.59 Å². The second kappa shape index (κ2) is 14.9. The van der Waals surface area contributed by atoms with Crippen molar-refractivity contribution in [1.29, 1.82) is 0 Å². The van der Waals surface area contributed by atoms with E-state index in [2.05, 4.69) is 5.32 Å². The van der Waals surface area contributed by atoms with Crippen molar-refractivity contribution in [2.24, 2.45) is 0 Å². The summed E-state index contributed by atoms with van der Waals surface area (Å²) in [5, 5.41) is 3.00. The smallest absolute Gasteiger partial charge is 0.243 e. The van der Waals surface area contributed by atoms with Crippen molar-refractivity contribution in [3.63, 3.8) is 0 Å². The first kappa shape index (κ1) is 31.2. The number of hydrogen-bond acceptors (Lipinski definition) is 6. The number of carbonyl (C=O) groups excluding carboxylic acids is 2. The van der Waals surface area contributed by atoms with Gasteiger partial charge in [0, 0.05) is 32.7 Å². The van der Waals surface area contributed by atoms with Crippen LogP contribution < -0.4 is 10.1 Å². The SMILES string of the molecule is COc1ccc(CN(C(=O)CN(Cc2ccccc2)S(C)(=O)=O)C(Cc2ccccc2)C(=O)NCC2CCCO2)cc1. The van der Waals surface area contributed by atoms with Crippen LogP contribution in [0.25, 0.3) is 0 Å². The standard InChI is InChI=1S/C32H39N3O6S/c1-40-28-17-15-27(16-18-28)23-35(31(36)24-34(42(2,38)39)22-26-12-7-4-8-13-26)30(20-25-10-5-3-6-11-25)32(37)33-21-29-14-9-19-41-29/h3-8,10-13,15-18,29-30H,9,14,19-24H2,1-2H3,(H,33,37). The second-order valence-electron chi connectivity index (χ2n) is 10.5. The Hall–Kier alpha value is -3.73. The van der Waals surface area contributed by atoms with Crippen LogP contribution in [0.2, 0.25) is 0 Å². The number of ether oxygens (including phenoxy) is 2. The lowest BCUT2D eigenvalue weighted by atomic mass is 10.0. The normalized spacial score (nSPS) is 15.7. The molecule has 2 unspecified atom stereocenters. The molecule has 42 heavy (non-hydrogen) atoms. The highest BCUT2D eigenvalue weighted by Gasteiger charge is 2.33. The van der Waals surface area contributed by atoms with E-state index < -0.39 is 28.5 Å². The van der Waals surface area contributed by atoms with E-state index in [1.165, 1.54) is 4.90 Å². The molecule has 0 radical (unpaired) electrons. The molecule has 0 aliphatic carbocycles. The summed E-state index contributed by atoms with van der Waals surface area (Å²) in [7, 11) is -2.17. The first-order valence-corrected chi connectivity index (χ1v) is 15.9. The number of hydrogen-bond donors (Lipinski definition) is 1. The number of nitrogens with zero attached hydrogens (tertiary/aromatic N) is 2. The minimum absolute atomic E-state index is 0.0381. The Bertz CT molecular complexity index is 1400. The molecule has 4 rings (SSSR count). The second-order valence-corrected chi connectivity index (χ2v) is 12.5. The van der Waals surface area contributed by atoms with Crippen LogP contribution in [-0.4, -0.2) is 74.6 Å². The summed E-state index contributed by atoms with van der Waals surface area (Å²) in [6, 6.07) is 25.0. The van der Waals surface area contributed by atoms with E-state index in [0.717, 1.165) is 40.1 Å². The highest BCUT2D eigenvalue weighted by Crippen LogP contribution is 2.19. The van der Waals surface area contributed by atoms with Gasteiger partial charge in [0.15, 0.2) is 0 Å². The summed E-state index contributed by atoms with van der Waals surface area (Å²) in [4.78, 5) is 29.4. The first-order valence-electron chi connectivity index (χ1n) is 14.1. The lowest BCUT2D eigenvalue weighted by Crippen LogP contribution is -2.53. The Balaban J connectivity index is 1.65. The maximum absolute atomic E-state index is 14.1. The fraction of sp³-hybridized carbons (Fsp3) is 0.375. The molecule has 10 heteroatoms. The molecule has 1 saturated heterocycles. The van der Waals surface area contributed by atoms with Crippen molar-refractivity contribution < 1.29 is 27.5 Å². The molecule has 0 spiro atoms. The van der Waals surface area contributed by atoms with Crippen LogP contribution in [0, 0.1) is 0 Å². The lowest BCUT2D eigenvalue weighted by molar-refractivity contribution is -0.141. The molecule has 2 amide bonds. The molecule has 3 aromatic rings. The monoisotopic (exact) mass is 593 g/mol. The van der Waals surface area contributed by atoms with E-state index in [4.69, 9.17) is 9.47 Å². The summed E-state index contributed by atoms with van der Waals surface area (Å²) in [5.74, 6) is -0.122. The molecular formula is C32H39N3O6S. The maximum Gasteiger partial charge on any atom is 0.243 e. The summed E-state index contributed by atoms with van der Waals surface area (Å²) < 4.78 is 37.8. The van der Waals surface area contributed by atoms with Gasteiger partial charge in [0.1, 0.15) is 11.8 Å². The van der Waals surface area contributed by atoms with Crippen molar-refractivity contribution in [1.82, 2.24) is 14.5 Å². The van der Waals surface area contributed by atoms with Gasteiger partial charge in [-0.15, -0.1) is 0 Å². The number of methoxy groups -OCH3 is 1. The largest absolute Gasteiger partial charge is 0.497 e. The molecule has 3 aromatic carbocycles. The van der Waals surface area contributed by atoms with Gasteiger partial charge in [-0.2, -0.15) is 4.31 Å². The van der Waals surface area contributed by atoms with Crippen LogP contribution in [0.5, 0.6) is 5.75 Å². The van der Waals surface area contributed by atoms with Crippen molar-refractivity contribution in [3.05, 3.63) is 102 Å². The average Bonchev–Trinajstić information content (AvgIpc) is 3.52.